The first-order valence-electron chi connectivity index (χ1n) is 2.93. The number of amidine groups is 1. The van der Waals surface area contributed by atoms with Gasteiger partial charge in [-0.1, -0.05) is 0 Å². The molecule has 0 saturated heterocycles. The zero-order chi connectivity index (χ0) is 8.69. The van der Waals surface area contributed by atoms with Gasteiger partial charge in [0, 0.05) is 0 Å². The zero-order valence-electron chi connectivity index (χ0n) is 6.01. The summed E-state index contributed by atoms with van der Waals surface area (Å²) in [4.78, 5) is 20.2. The van der Waals surface area contributed by atoms with E-state index in [4.69, 9.17) is 5.41 Å². The average molecular weight is 156 g/mol. The topological polar surface area (TPSA) is 79.2 Å². The number of rotatable bonds is 4. The van der Waals surface area contributed by atoms with E-state index in [0.29, 0.717) is 0 Å². The molecular formula is C6H8N2O3. The van der Waals surface area contributed by atoms with Crippen LogP contribution in [-0.4, -0.2) is 24.8 Å². The summed E-state index contributed by atoms with van der Waals surface area (Å²) in [5.74, 6) is -1.16. The van der Waals surface area contributed by atoms with Crippen LogP contribution in [0.3, 0.4) is 0 Å². The summed E-state index contributed by atoms with van der Waals surface area (Å²) in [7, 11) is 0. The third-order valence-electron chi connectivity index (χ3n) is 0.706. The van der Waals surface area contributed by atoms with E-state index in [0.717, 1.165) is 0 Å². The van der Waals surface area contributed by atoms with Crippen molar-refractivity contribution in [1.82, 2.24) is 5.32 Å². The molecule has 5 heteroatoms. The van der Waals surface area contributed by atoms with Gasteiger partial charge in [0.1, 0.15) is 5.84 Å². The zero-order valence-corrected chi connectivity index (χ0v) is 6.01. The highest BCUT2D eigenvalue weighted by molar-refractivity contribution is 6.10. The summed E-state index contributed by atoms with van der Waals surface area (Å²) >= 11 is 0. The van der Waals surface area contributed by atoms with Gasteiger partial charge in [0.25, 0.3) is 0 Å². The summed E-state index contributed by atoms with van der Waals surface area (Å²) in [6.45, 7) is 1.86. The maximum absolute atomic E-state index is 10.5. The van der Waals surface area contributed by atoms with Gasteiger partial charge in [-0.15, -0.1) is 0 Å². The average Bonchev–Trinajstić information content (AvgIpc) is 1.87. The summed E-state index contributed by atoms with van der Waals surface area (Å²) in [6, 6.07) is 0. The predicted octanol–water partition coefficient (Wildman–Crippen LogP) is -0.646. The highest BCUT2D eigenvalue weighted by Crippen LogP contribution is 1.83. The van der Waals surface area contributed by atoms with E-state index in [9.17, 15) is 9.59 Å². The summed E-state index contributed by atoms with van der Waals surface area (Å²) in [5, 5.41) is 8.77. The number of nitrogens with one attached hydrogen (secondary N) is 2. The van der Waals surface area contributed by atoms with Gasteiger partial charge >= 0.3 is 5.97 Å². The number of hydrogen-bond acceptors (Lipinski definition) is 4. The van der Waals surface area contributed by atoms with E-state index >= 15 is 0 Å². The van der Waals surface area contributed by atoms with Gasteiger partial charge in [0.05, 0.1) is 6.61 Å². The van der Waals surface area contributed by atoms with E-state index in [-0.39, 0.29) is 13.0 Å². The highest BCUT2D eigenvalue weighted by Gasteiger charge is 2.06. The molecule has 0 aromatic heterocycles. The summed E-state index contributed by atoms with van der Waals surface area (Å²) in [6.07, 6.45) is 2.25. The molecule has 1 amide bonds. The lowest BCUT2D eigenvalue weighted by Gasteiger charge is -1.99. The van der Waals surface area contributed by atoms with E-state index in [2.05, 4.69) is 4.74 Å². The van der Waals surface area contributed by atoms with Gasteiger partial charge in [-0.3, -0.25) is 15.0 Å². The molecule has 11 heavy (non-hydrogen) atoms. The second kappa shape index (κ2) is 5.40. The first-order valence-corrected chi connectivity index (χ1v) is 2.93. The van der Waals surface area contributed by atoms with Crippen LogP contribution in [0.5, 0.6) is 0 Å². The number of amides is 1. The third-order valence-corrected chi connectivity index (χ3v) is 0.706. The standard InChI is InChI=1S/C6H8N2O3/c1-2-11-6(10)3-5(7)8-4-9/h4H,2H2,1H3,(H2,7,8,9). The first-order chi connectivity index (χ1) is 5.20. The van der Waals surface area contributed by atoms with Crippen molar-refractivity contribution in [2.24, 2.45) is 0 Å². The Labute approximate surface area is 64.2 Å². The molecule has 0 spiro atoms. The fourth-order valence-corrected chi connectivity index (χ4v) is 0.364. The second-order valence-electron chi connectivity index (χ2n) is 1.48. The van der Waals surface area contributed by atoms with Gasteiger partial charge in [0.15, 0.2) is 6.42 Å². The Morgan fingerprint density at radius 3 is 2.91 bits per heavy atom. The molecule has 0 saturated carbocycles. The van der Waals surface area contributed by atoms with Crippen molar-refractivity contribution in [3.8, 4) is 0 Å². The van der Waals surface area contributed by atoms with Crippen LogP contribution in [0.4, 0.5) is 0 Å². The molecule has 0 aromatic rings. The van der Waals surface area contributed by atoms with Gasteiger partial charge in [-0.2, -0.15) is 0 Å². The fourth-order valence-electron chi connectivity index (χ4n) is 0.364. The summed E-state index contributed by atoms with van der Waals surface area (Å²) in [5.41, 5.74) is 0. The molecule has 0 unspecified atom stereocenters. The van der Waals surface area contributed by atoms with Crippen molar-refractivity contribution in [3.05, 3.63) is 6.42 Å². The third kappa shape index (κ3) is 5.07. The van der Waals surface area contributed by atoms with Crippen LogP contribution in [0.15, 0.2) is 0 Å². The minimum atomic E-state index is -0.758. The lowest BCUT2D eigenvalue weighted by atomic mass is 10.4. The van der Waals surface area contributed by atoms with Crippen molar-refractivity contribution >= 4 is 18.2 Å². The monoisotopic (exact) mass is 156 g/mol. The van der Waals surface area contributed by atoms with Crippen molar-refractivity contribution in [2.45, 2.75) is 6.92 Å². The molecule has 2 radical (unpaired) electrons. The molecule has 2 N–H and O–H groups in total. The van der Waals surface area contributed by atoms with E-state index in [1.165, 1.54) is 0 Å². The Morgan fingerprint density at radius 1 is 1.82 bits per heavy atom. The van der Waals surface area contributed by atoms with Crippen LogP contribution in [-0.2, 0) is 14.3 Å². The van der Waals surface area contributed by atoms with E-state index in [1.54, 1.807) is 6.92 Å². The predicted molar refractivity (Wildman–Crippen MR) is 36.8 cm³/mol. The lowest BCUT2D eigenvalue weighted by molar-refractivity contribution is -0.138. The fraction of sp³-hybridized carbons (Fsp3) is 0.333. The molecule has 0 fully saturated rings. The van der Waals surface area contributed by atoms with Crippen LogP contribution < -0.4 is 5.32 Å². The van der Waals surface area contributed by atoms with Crippen LogP contribution >= 0.6 is 0 Å². The van der Waals surface area contributed by atoms with E-state index < -0.39 is 11.8 Å². The van der Waals surface area contributed by atoms with Crippen LogP contribution in [0, 0.1) is 11.8 Å². The van der Waals surface area contributed by atoms with Crippen molar-refractivity contribution < 1.29 is 14.3 Å². The minimum absolute atomic E-state index is 0.222. The number of hydrogen-bond donors (Lipinski definition) is 2. The quantitative estimate of drug-likeness (QED) is 0.246. The van der Waals surface area contributed by atoms with Gasteiger partial charge < -0.3 is 10.1 Å². The van der Waals surface area contributed by atoms with Crippen LogP contribution in [0.1, 0.15) is 6.92 Å². The van der Waals surface area contributed by atoms with Crippen LogP contribution in [0.2, 0.25) is 0 Å². The second-order valence-corrected chi connectivity index (χ2v) is 1.48. The van der Waals surface area contributed by atoms with E-state index in [1.807, 2.05) is 11.7 Å². The summed E-state index contributed by atoms with van der Waals surface area (Å²) < 4.78 is 4.41. The number of carbonyl (C=O) groups excluding carboxylic acids is 2. The number of ether oxygens (including phenoxy) is 1. The molecule has 0 aliphatic heterocycles. The molecule has 0 aliphatic carbocycles. The normalized spacial score (nSPS) is 8.45. The molecule has 0 heterocycles. The number of carbonyl (C=O) groups is 2. The Morgan fingerprint density at radius 2 is 2.45 bits per heavy atom. The highest BCUT2D eigenvalue weighted by atomic mass is 16.5. The lowest BCUT2D eigenvalue weighted by Crippen LogP contribution is -2.25. The molecule has 0 aromatic carbocycles. The molecular weight excluding hydrogens is 148 g/mol. The maximum atomic E-state index is 10.5. The van der Waals surface area contributed by atoms with Gasteiger partial charge in [-0.25, -0.2) is 0 Å². The Balaban J connectivity index is 3.57. The molecule has 5 nitrogen and oxygen atoms in total. The van der Waals surface area contributed by atoms with Gasteiger partial charge in [0.2, 0.25) is 6.41 Å². The Hall–Kier alpha value is -1.39. The first kappa shape index (κ1) is 9.61. The molecule has 0 rings (SSSR count). The van der Waals surface area contributed by atoms with Crippen molar-refractivity contribution in [2.75, 3.05) is 6.61 Å². The van der Waals surface area contributed by atoms with Crippen molar-refractivity contribution in [1.29, 1.82) is 5.41 Å². The Bertz CT molecular complexity index is 167. The smallest absolute Gasteiger partial charge is 0.323 e. The maximum Gasteiger partial charge on any atom is 0.323 e. The van der Waals surface area contributed by atoms with Crippen LogP contribution in [0.25, 0.3) is 0 Å². The molecule has 60 valence electrons. The van der Waals surface area contributed by atoms with Crippen molar-refractivity contribution in [3.63, 3.8) is 0 Å². The molecule has 0 bridgehead atoms. The molecule has 0 atom stereocenters. The Kier molecular flexibility index (Phi) is 4.72. The SMILES string of the molecule is CCOC(=O)[C]C(=N)NC=O. The van der Waals surface area contributed by atoms with Gasteiger partial charge in [-0.05, 0) is 6.92 Å². The number of esters is 1. The largest absolute Gasteiger partial charge is 0.465 e. The molecule has 0 aliphatic rings. The minimum Gasteiger partial charge on any atom is -0.465 e.